The van der Waals surface area contributed by atoms with E-state index in [0.717, 1.165) is 22.4 Å². The number of nitrogens with one attached hydrogen (secondary N) is 3. The van der Waals surface area contributed by atoms with Crippen molar-refractivity contribution in [2.45, 2.75) is 12.3 Å². The van der Waals surface area contributed by atoms with Crippen molar-refractivity contribution in [2.24, 2.45) is 12.0 Å². The number of amides is 2. The number of rotatable bonds is 6. The van der Waals surface area contributed by atoms with Crippen LogP contribution in [0.4, 0.5) is 17.2 Å². The molecule has 0 spiro atoms. The number of aromatic nitrogens is 4. The number of nitrogens with zero attached hydrogens (tertiary/aromatic N) is 4. The molecule has 2 aromatic heterocycles. The highest BCUT2D eigenvalue weighted by atomic mass is 16.2. The lowest BCUT2D eigenvalue weighted by Gasteiger charge is -2.08. The first-order valence-electron chi connectivity index (χ1n) is 10.4. The van der Waals surface area contributed by atoms with E-state index >= 15 is 0 Å². The van der Waals surface area contributed by atoms with Crippen LogP contribution in [0.5, 0.6) is 0 Å². The fourth-order valence-electron chi connectivity index (χ4n) is 3.75. The van der Waals surface area contributed by atoms with Gasteiger partial charge in [-0.1, -0.05) is 24.3 Å². The Morgan fingerprint density at radius 1 is 1.18 bits per heavy atom. The minimum absolute atomic E-state index is 0.0980. The predicted molar refractivity (Wildman–Crippen MR) is 125 cm³/mol. The van der Waals surface area contributed by atoms with Gasteiger partial charge in [0.05, 0.1) is 18.0 Å². The molecule has 0 radical (unpaired) electrons. The molecule has 164 valence electrons. The largest absolute Gasteiger partial charge is 0.325 e. The first-order valence-corrected chi connectivity index (χ1v) is 10.4. The van der Waals surface area contributed by atoms with Gasteiger partial charge in [-0.2, -0.15) is 10.2 Å². The number of benzene rings is 2. The average Bonchev–Trinajstić information content (AvgIpc) is 3.54. The normalized spacial score (nSPS) is 14.9. The van der Waals surface area contributed by atoms with Crippen LogP contribution in [-0.4, -0.2) is 38.0 Å². The summed E-state index contributed by atoms with van der Waals surface area (Å²) >= 11 is 0. The third kappa shape index (κ3) is 4.42. The summed E-state index contributed by atoms with van der Waals surface area (Å²) in [5.41, 5.74) is 5.10. The van der Waals surface area contributed by atoms with Crippen molar-refractivity contribution in [1.29, 1.82) is 0 Å². The summed E-state index contributed by atoms with van der Waals surface area (Å²) in [5.74, 6) is -0.148. The van der Waals surface area contributed by atoms with Crippen molar-refractivity contribution in [3.63, 3.8) is 0 Å². The second-order valence-electron chi connectivity index (χ2n) is 7.84. The minimum atomic E-state index is -0.451. The lowest BCUT2D eigenvalue weighted by atomic mass is 9.96. The van der Waals surface area contributed by atoms with Gasteiger partial charge in [-0.25, -0.2) is 4.99 Å². The van der Waals surface area contributed by atoms with E-state index in [0.29, 0.717) is 23.5 Å². The Hall–Kier alpha value is -4.53. The predicted octanol–water partition coefficient (Wildman–Crippen LogP) is 3.42. The number of aryl methyl sites for hydroxylation is 1. The number of hydrogen-bond donors (Lipinski definition) is 3. The molecule has 2 amide bonds. The van der Waals surface area contributed by atoms with E-state index in [4.69, 9.17) is 0 Å². The second kappa shape index (κ2) is 8.54. The van der Waals surface area contributed by atoms with Crippen molar-refractivity contribution in [1.82, 2.24) is 20.0 Å². The molecule has 1 aliphatic heterocycles. The van der Waals surface area contributed by atoms with Crippen LogP contribution in [-0.2, 0) is 18.3 Å². The Morgan fingerprint density at radius 3 is 2.73 bits per heavy atom. The molecule has 4 aromatic rings. The Kier molecular flexibility index (Phi) is 5.27. The van der Waals surface area contributed by atoms with E-state index in [9.17, 15) is 9.59 Å². The van der Waals surface area contributed by atoms with Crippen molar-refractivity contribution in [3.8, 4) is 0 Å². The molecule has 0 saturated heterocycles. The van der Waals surface area contributed by atoms with Crippen molar-refractivity contribution in [2.75, 3.05) is 10.6 Å². The van der Waals surface area contributed by atoms with E-state index in [2.05, 4.69) is 30.9 Å². The molecule has 3 N–H and O–H groups in total. The lowest BCUT2D eigenvalue weighted by molar-refractivity contribution is -0.115. The topological polar surface area (TPSA) is 117 Å². The van der Waals surface area contributed by atoms with Crippen molar-refractivity contribution < 1.29 is 9.59 Å². The summed E-state index contributed by atoms with van der Waals surface area (Å²) in [7, 11) is 1.77. The van der Waals surface area contributed by atoms with E-state index in [1.165, 1.54) is 6.20 Å². The van der Waals surface area contributed by atoms with Crippen LogP contribution in [0.1, 0.15) is 33.0 Å². The molecular formula is C24H21N7O2. The van der Waals surface area contributed by atoms with E-state index < -0.39 is 5.92 Å². The zero-order valence-electron chi connectivity index (χ0n) is 17.8. The van der Waals surface area contributed by atoms with Crippen molar-refractivity contribution >= 4 is 35.2 Å². The molecule has 0 saturated carbocycles. The maximum atomic E-state index is 12.4. The van der Waals surface area contributed by atoms with E-state index in [1.54, 1.807) is 36.4 Å². The minimum Gasteiger partial charge on any atom is -0.325 e. The Balaban J connectivity index is 1.28. The maximum absolute atomic E-state index is 12.4. The number of hydrogen-bond acceptors (Lipinski definition) is 5. The van der Waals surface area contributed by atoms with Crippen LogP contribution >= 0.6 is 0 Å². The van der Waals surface area contributed by atoms with Crippen LogP contribution < -0.4 is 10.6 Å². The van der Waals surface area contributed by atoms with E-state index in [1.807, 2.05) is 42.5 Å². The summed E-state index contributed by atoms with van der Waals surface area (Å²) in [4.78, 5) is 29.0. The molecule has 3 heterocycles. The molecule has 1 unspecified atom stereocenters. The van der Waals surface area contributed by atoms with Gasteiger partial charge in [0.1, 0.15) is 11.7 Å². The maximum Gasteiger partial charge on any atom is 0.258 e. The van der Waals surface area contributed by atoms with Crippen LogP contribution in [0.15, 0.2) is 72.1 Å². The molecule has 33 heavy (non-hydrogen) atoms. The van der Waals surface area contributed by atoms with Gasteiger partial charge >= 0.3 is 0 Å². The van der Waals surface area contributed by atoms with Gasteiger partial charge in [0.15, 0.2) is 0 Å². The van der Waals surface area contributed by atoms with E-state index in [-0.39, 0.29) is 11.8 Å². The Morgan fingerprint density at radius 2 is 2.00 bits per heavy atom. The number of H-pyrrole nitrogens is 1. The van der Waals surface area contributed by atoms with Gasteiger partial charge in [-0.15, -0.1) is 0 Å². The number of aromatic amines is 1. The molecule has 0 bridgehead atoms. The Labute approximate surface area is 189 Å². The summed E-state index contributed by atoms with van der Waals surface area (Å²) in [6.45, 7) is 0. The SMILES string of the molecule is Cn1cc(C(=O)Nc2ccc(Cc3ccc4c(c3)C(C=Nc3ccn[nH]3)C(=O)N4)cc2)cn1. The fraction of sp³-hybridized carbons (Fsp3) is 0.125. The zero-order chi connectivity index (χ0) is 22.8. The second-order valence-corrected chi connectivity index (χ2v) is 7.84. The summed E-state index contributed by atoms with van der Waals surface area (Å²) in [6, 6.07) is 15.4. The summed E-state index contributed by atoms with van der Waals surface area (Å²) < 4.78 is 1.59. The smallest absolute Gasteiger partial charge is 0.258 e. The van der Waals surface area contributed by atoms with Gasteiger partial charge in [-0.05, 0) is 41.3 Å². The molecule has 5 rings (SSSR count). The number of carbonyl (C=O) groups is 2. The third-order valence-corrected chi connectivity index (χ3v) is 5.43. The molecule has 0 fully saturated rings. The standard InChI is InChI=1S/C24H21N7O2/c1-31-14-17(12-27-31)23(32)28-18-5-2-15(3-6-18)10-16-4-7-21-19(11-16)20(24(33)29-21)13-25-22-8-9-26-30-22/h2-9,11-14,20H,10H2,1H3,(H,26,30)(H,28,32)(H,29,33). The molecule has 2 aromatic carbocycles. The number of carbonyl (C=O) groups excluding carboxylic acids is 2. The quantitative estimate of drug-likeness (QED) is 0.399. The molecular weight excluding hydrogens is 418 g/mol. The molecule has 0 aliphatic carbocycles. The summed E-state index contributed by atoms with van der Waals surface area (Å²) in [5, 5.41) is 16.4. The van der Waals surface area contributed by atoms with Crippen LogP contribution in [0.2, 0.25) is 0 Å². The van der Waals surface area contributed by atoms with Gasteiger partial charge in [0, 0.05) is 36.9 Å². The van der Waals surface area contributed by atoms with Crippen LogP contribution in [0.3, 0.4) is 0 Å². The molecule has 9 nitrogen and oxygen atoms in total. The average molecular weight is 439 g/mol. The van der Waals surface area contributed by atoms with Crippen molar-refractivity contribution in [3.05, 3.63) is 89.4 Å². The van der Waals surface area contributed by atoms with Gasteiger partial charge in [-0.3, -0.25) is 19.4 Å². The first kappa shape index (κ1) is 20.4. The fourth-order valence-corrected chi connectivity index (χ4v) is 3.75. The highest BCUT2D eigenvalue weighted by Gasteiger charge is 2.29. The van der Waals surface area contributed by atoms with Gasteiger partial charge in [0.25, 0.3) is 5.91 Å². The molecule has 1 aliphatic rings. The summed E-state index contributed by atoms with van der Waals surface area (Å²) in [6.07, 6.45) is 7.15. The number of aliphatic imine (C=N–C) groups is 1. The van der Waals surface area contributed by atoms with Gasteiger partial charge in [0.2, 0.25) is 5.91 Å². The van der Waals surface area contributed by atoms with Crippen LogP contribution in [0.25, 0.3) is 0 Å². The Bertz CT molecular complexity index is 1340. The lowest BCUT2D eigenvalue weighted by Crippen LogP contribution is -2.12. The highest BCUT2D eigenvalue weighted by Crippen LogP contribution is 2.33. The number of fused-ring (bicyclic) bond motifs is 1. The highest BCUT2D eigenvalue weighted by molar-refractivity contribution is 6.12. The molecule has 1 atom stereocenters. The first-order chi connectivity index (χ1) is 16.0. The monoisotopic (exact) mass is 439 g/mol. The zero-order valence-corrected chi connectivity index (χ0v) is 17.8. The number of anilines is 2. The molecule has 9 heteroatoms. The third-order valence-electron chi connectivity index (χ3n) is 5.43. The van der Waals surface area contributed by atoms with Gasteiger partial charge < -0.3 is 10.6 Å². The van der Waals surface area contributed by atoms with Crippen LogP contribution in [0, 0.1) is 0 Å².